The van der Waals surface area contributed by atoms with E-state index in [1.54, 1.807) is 0 Å². The molecule has 16 heavy (non-hydrogen) atoms. The van der Waals surface area contributed by atoms with Crippen LogP contribution in [0.3, 0.4) is 0 Å². The predicted molar refractivity (Wildman–Crippen MR) is 63.2 cm³/mol. The van der Waals surface area contributed by atoms with Gasteiger partial charge in [-0.3, -0.25) is 0 Å². The number of aromatic nitrogens is 2. The fourth-order valence-electron chi connectivity index (χ4n) is 3.37. The van der Waals surface area contributed by atoms with Crippen LogP contribution in [0, 0.1) is 5.92 Å². The molecule has 3 heterocycles. The molecule has 0 aromatic carbocycles. The third-order valence-corrected chi connectivity index (χ3v) is 4.23. The Balaban J connectivity index is 2.04. The third-order valence-electron chi connectivity index (χ3n) is 4.23. The Kier molecular flexibility index (Phi) is 2.48. The van der Waals surface area contributed by atoms with Crippen LogP contribution < -0.4 is 10.6 Å². The van der Waals surface area contributed by atoms with Gasteiger partial charge in [0.2, 0.25) is 0 Å². The highest BCUT2D eigenvalue weighted by Gasteiger charge is 2.45. The second-order valence-electron chi connectivity index (χ2n) is 4.94. The predicted octanol–water partition coefficient (Wildman–Crippen LogP) is 0.770. The van der Waals surface area contributed by atoms with Gasteiger partial charge < -0.3 is 15.6 Å². The third kappa shape index (κ3) is 1.33. The normalized spacial score (nSPS) is 33.9. The molecule has 2 aliphatic rings. The lowest BCUT2D eigenvalue weighted by Crippen LogP contribution is -2.59. The highest BCUT2D eigenvalue weighted by molar-refractivity contribution is 5.27. The largest absolute Gasteiger partial charge is 0.348 e. The van der Waals surface area contributed by atoms with Crippen molar-refractivity contribution in [1.29, 1.82) is 0 Å². The number of rotatable bonds is 1. The highest BCUT2D eigenvalue weighted by atomic mass is 15.1. The average molecular weight is 220 g/mol. The number of nitrogens with one attached hydrogen (secondary N) is 3. The van der Waals surface area contributed by atoms with Gasteiger partial charge in [-0.15, -0.1) is 0 Å². The van der Waals surface area contributed by atoms with Gasteiger partial charge in [-0.2, -0.15) is 0 Å². The maximum Gasteiger partial charge on any atom is 0.0926 e. The summed E-state index contributed by atoms with van der Waals surface area (Å²) < 4.78 is 0. The Morgan fingerprint density at radius 3 is 3.31 bits per heavy atom. The molecular weight excluding hydrogens is 200 g/mol. The van der Waals surface area contributed by atoms with Gasteiger partial charge in [-0.1, -0.05) is 6.92 Å². The molecule has 4 nitrogen and oxygen atoms in total. The molecule has 1 spiro atoms. The maximum absolute atomic E-state index is 4.59. The molecule has 2 aliphatic heterocycles. The Hall–Kier alpha value is -0.870. The summed E-state index contributed by atoms with van der Waals surface area (Å²) in [5.41, 5.74) is 2.76. The van der Waals surface area contributed by atoms with E-state index in [4.69, 9.17) is 0 Å². The standard InChI is InChI=1S/C12H20N4/c1-2-9-7-13-6-4-12(9)11-10(3-5-16-12)14-8-15-11/h8-9,13,16H,2-7H2,1H3,(H,14,15). The van der Waals surface area contributed by atoms with Gasteiger partial charge in [-0.25, -0.2) is 4.98 Å². The molecule has 1 fully saturated rings. The number of aromatic amines is 1. The zero-order valence-electron chi connectivity index (χ0n) is 9.84. The van der Waals surface area contributed by atoms with Gasteiger partial charge in [0, 0.05) is 25.2 Å². The molecule has 88 valence electrons. The Morgan fingerprint density at radius 2 is 2.44 bits per heavy atom. The van der Waals surface area contributed by atoms with Gasteiger partial charge in [0.15, 0.2) is 0 Å². The van der Waals surface area contributed by atoms with Crippen molar-refractivity contribution in [2.45, 2.75) is 31.7 Å². The zero-order valence-corrected chi connectivity index (χ0v) is 9.84. The van der Waals surface area contributed by atoms with Crippen molar-refractivity contribution < 1.29 is 0 Å². The first-order chi connectivity index (χ1) is 7.87. The molecule has 3 rings (SSSR count). The molecule has 2 unspecified atom stereocenters. The van der Waals surface area contributed by atoms with Crippen LogP contribution in [0.1, 0.15) is 31.2 Å². The van der Waals surface area contributed by atoms with E-state index in [9.17, 15) is 0 Å². The van der Waals surface area contributed by atoms with Crippen molar-refractivity contribution in [2.75, 3.05) is 19.6 Å². The van der Waals surface area contributed by atoms with E-state index in [2.05, 4.69) is 27.5 Å². The number of hydrogen-bond acceptors (Lipinski definition) is 3. The second kappa shape index (κ2) is 3.86. The number of hydrogen-bond donors (Lipinski definition) is 3. The highest BCUT2D eigenvalue weighted by Crippen LogP contribution is 2.39. The molecule has 1 saturated heterocycles. The van der Waals surface area contributed by atoms with Crippen LogP contribution in [0.25, 0.3) is 0 Å². The molecule has 2 atom stereocenters. The summed E-state index contributed by atoms with van der Waals surface area (Å²) in [5.74, 6) is 0.656. The minimum Gasteiger partial charge on any atom is -0.348 e. The van der Waals surface area contributed by atoms with Crippen molar-refractivity contribution in [3.63, 3.8) is 0 Å². The molecule has 0 aliphatic carbocycles. The lowest BCUT2D eigenvalue weighted by molar-refractivity contribution is 0.136. The lowest BCUT2D eigenvalue weighted by Gasteiger charge is -2.46. The minimum absolute atomic E-state index is 0.133. The number of imidazole rings is 1. The van der Waals surface area contributed by atoms with Gasteiger partial charge in [0.1, 0.15) is 0 Å². The molecule has 1 aromatic heterocycles. The monoisotopic (exact) mass is 220 g/mol. The summed E-state index contributed by atoms with van der Waals surface area (Å²) in [6.07, 6.45) is 5.30. The van der Waals surface area contributed by atoms with E-state index < -0.39 is 0 Å². The fraction of sp³-hybridized carbons (Fsp3) is 0.750. The fourth-order valence-corrected chi connectivity index (χ4v) is 3.37. The summed E-state index contributed by atoms with van der Waals surface area (Å²) in [7, 11) is 0. The summed E-state index contributed by atoms with van der Waals surface area (Å²) in [6, 6.07) is 0. The summed E-state index contributed by atoms with van der Waals surface area (Å²) in [4.78, 5) is 7.89. The van der Waals surface area contributed by atoms with Crippen molar-refractivity contribution >= 4 is 0 Å². The molecule has 1 aromatic rings. The van der Waals surface area contributed by atoms with E-state index in [-0.39, 0.29) is 5.54 Å². The molecule has 0 radical (unpaired) electrons. The Labute approximate surface area is 96.2 Å². The van der Waals surface area contributed by atoms with Crippen LogP contribution in [0.5, 0.6) is 0 Å². The lowest BCUT2D eigenvalue weighted by atomic mass is 9.72. The SMILES string of the molecule is CCC1CNCCC12NCCc1[nH]cnc12. The number of piperidine rings is 1. The van der Waals surface area contributed by atoms with Crippen LogP contribution in [0.15, 0.2) is 6.33 Å². The van der Waals surface area contributed by atoms with Crippen LogP contribution in [0.2, 0.25) is 0 Å². The van der Waals surface area contributed by atoms with E-state index in [1.807, 2.05) is 6.33 Å². The minimum atomic E-state index is 0.133. The molecule has 0 saturated carbocycles. The number of fused-ring (bicyclic) bond motifs is 2. The van der Waals surface area contributed by atoms with Crippen molar-refractivity contribution in [3.8, 4) is 0 Å². The van der Waals surface area contributed by atoms with E-state index in [0.29, 0.717) is 5.92 Å². The first-order valence-corrected chi connectivity index (χ1v) is 6.35. The van der Waals surface area contributed by atoms with Crippen LogP contribution in [-0.2, 0) is 12.0 Å². The first kappa shape index (κ1) is 10.3. The Bertz CT molecular complexity index is 373. The topological polar surface area (TPSA) is 52.7 Å². The smallest absolute Gasteiger partial charge is 0.0926 e. The van der Waals surface area contributed by atoms with Crippen LogP contribution >= 0.6 is 0 Å². The first-order valence-electron chi connectivity index (χ1n) is 6.35. The average Bonchev–Trinajstić information content (AvgIpc) is 2.80. The summed E-state index contributed by atoms with van der Waals surface area (Å²) >= 11 is 0. The number of nitrogens with zero attached hydrogens (tertiary/aromatic N) is 1. The quantitative estimate of drug-likeness (QED) is 0.655. The molecule has 0 bridgehead atoms. The maximum atomic E-state index is 4.59. The summed E-state index contributed by atoms with van der Waals surface area (Å²) in [6.45, 7) is 5.55. The zero-order chi connectivity index (χ0) is 11.0. The molecule has 3 N–H and O–H groups in total. The molecular formula is C12H20N4. The second-order valence-corrected chi connectivity index (χ2v) is 4.94. The van der Waals surface area contributed by atoms with Crippen molar-refractivity contribution in [1.82, 2.24) is 20.6 Å². The van der Waals surface area contributed by atoms with Crippen LogP contribution in [0.4, 0.5) is 0 Å². The van der Waals surface area contributed by atoms with Crippen molar-refractivity contribution in [2.24, 2.45) is 5.92 Å². The van der Waals surface area contributed by atoms with Gasteiger partial charge in [-0.05, 0) is 25.3 Å². The van der Waals surface area contributed by atoms with Gasteiger partial charge in [0.25, 0.3) is 0 Å². The number of H-pyrrole nitrogens is 1. The van der Waals surface area contributed by atoms with Crippen molar-refractivity contribution in [3.05, 3.63) is 17.7 Å². The van der Waals surface area contributed by atoms with E-state index in [1.165, 1.54) is 17.8 Å². The van der Waals surface area contributed by atoms with E-state index >= 15 is 0 Å². The molecule has 0 amide bonds. The Morgan fingerprint density at radius 1 is 1.50 bits per heavy atom. The molecule has 4 heteroatoms. The van der Waals surface area contributed by atoms with Gasteiger partial charge >= 0.3 is 0 Å². The summed E-state index contributed by atoms with van der Waals surface area (Å²) in [5, 5.41) is 7.26. The van der Waals surface area contributed by atoms with E-state index in [0.717, 1.165) is 32.5 Å². The van der Waals surface area contributed by atoms with Crippen LogP contribution in [-0.4, -0.2) is 29.6 Å². The van der Waals surface area contributed by atoms with Gasteiger partial charge in [0.05, 0.1) is 17.6 Å².